The van der Waals surface area contributed by atoms with Crippen LogP contribution in [0.4, 0.5) is 5.82 Å². The van der Waals surface area contributed by atoms with E-state index in [0.717, 1.165) is 22.8 Å². The molecule has 96 valence electrons. The van der Waals surface area contributed by atoms with Crippen molar-refractivity contribution in [3.05, 3.63) is 28.8 Å². The Morgan fingerprint density at radius 3 is 2.33 bits per heavy atom. The predicted octanol–water partition coefficient (Wildman–Crippen LogP) is 2.29. The lowest BCUT2D eigenvalue weighted by Gasteiger charge is -2.14. The van der Waals surface area contributed by atoms with Crippen LogP contribution in [0, 0.1) is 20.8 Å². The first-order valence-corrected chi connectivity index (χ1v) is 6.07. The van der Waals surface area contributed by atoms with E-state index < -0.39 is 0 Å². The lowest BCUT2D eigenvalue weighted by atomic mass is 10.0. The third-order valence-electron chi connectivity index (χ3n) is 3.32. The Hall–Kier alpha value is -1.91. The minimum atomic E-state index is 0.255. The van der Waals surface area contributed by atoms with Gasteiger partial charge < -0.3 is 5.73 Å². The molecule has 5 heteroatoms. The number of hydrogen-bond donors (Lipinski definition) is 1. The zero-order valence-corrected chi connectivity index (χ0v) is 11.5. The van der Waals surface area contributed by atoms with Crippen molar-refractivity contribution in [1.29, 1.82) is 0 Å². The molecule has 0 radical (unpaired) electrons. The van der Waals surface area contributed by atoms with Gasteiger partial charge in [-0.3, -0.25) is 0 Å². The Labute approximate surface area is 107 Å². The number of hydrogen-bond acceptors (Lipinski definition) is 4. The van der Waals surface area contributed by atoms with Crippen LogP contribution in [0.1, 0.15) is 42.3 Å². The van der Waals surface area contributed by atoms with Gasteiger partial charge in [0.2, 0.25) is 0 Å². The van der Waals surface area contributed by atoms with Gasteiger partial charge in [-0.25, -0.2) is 14.6 Å². The molecule has 0 fully saturated rings. The molecule has 0 aliphatic rings. The molecule has 0 aliphatic carbocycles. The van der Waals surface area contributed by atoms with E-state index >= 15 is 0 Å². The molecule has 0 atom stereocenters. The summed E-state index contributed by atoms with van der Waals surface area (Å²) in [6, 6.07) is 0. The van der Waals surface area contributed by atoms with Crippen LogP contribution in [0.25, 0.3) is 5.82 Å². The Morgan fingerprint density at radius 1 is 1.17 bits per heavy atom. The first-order valence-electron chi connectivity index (χ1n) is 6.07. The van der Waals surface area contributed by atoms with Gasteiger partial charge in [-0.2, -0.15) is 5.10 Å². The summed E-state index contributed by atoms with van der Waals surface area (Å²) in [5, 5.41) is 4.54. The summed E-state index contributed by atoms with van der Waals surface area (Å²) in [6.45, 7) is 10.3. The number of aryl methyl sites for hydroxylation is 1. The third kappa shape index (κ3) is 1.85. The van der Waals surface area contributed by atoms with Gasteiger partial charge in [0, 0.05) is 11.3 Å². The first kappa shape index (κ1) is 12.5. The van der Waals surface area contributed by atoms with Crippen LogP contribution in [-0.2, 0) is 0 Å². The molecule has 2 aromatic rings. The Balaban J connectivity index is 2.71. The van der Waals surface area contributed by atoms with Crippen molar-refractivity contribution in [3.63, 3.8) is 0 Å². The standard InChI is InChI=1S/C13H19N5/c1-7(2)11-12(14)15-6-16-13(11)18-10(5)8(3)9(4)17-18/h6-7H,1-5H3,(H2,14,15,16). The summed E-state index contributed by atoms with van der Waals surface area (Å²) in [5.41, 5.74) is 10.2. The van der Waals surface area contributed by atoms with E-state index in [9.17, 15) is 0 Å². The minimum absolute atomic E-state index is 0.255. The highest BCUT2D eigenvalue weighted by Gasteiger charge is 2.18. The fraction of sp³-hybridized carbons (Fsp3) is 0.462. The molecule has 0 spiro atoms. The monoisotopic (exact) mass is 245 g/mol. The van der Waals surface area contributed by atoms with E-state index in [2.05, 4.69) is 35.8 Å². The second-order valence-corrected chi connectivity index (χ2v) is 4.86. The quantitative estimate of drug-likeness (QED) is 0.881. The van der Waals surface area contributed by atoms with Gasteiger partial charge >= 0.3 is 0 Å². The minimum Gasteiger partial charge on any atom is -0.383 e. The number of nitrogen functional groups attached to an aromatic ring is 1. The van der Waals surface area contributed by atoms with Crippen LogP contribution >= 0.6 is 0 Å². The highest BCUT2D eigenvalue weighted by molar-refractivity contribution is 5.51. The SMILES string of the molecule is Cc1nn(-c2ncnc(N)c2C(C)C)c(C)c1C. The van der Waals surface area contributed by atoms with Gasteiger partial charge in [-0.15, -0.1) is 0 Å². The Kier molecular flexibility index (Phi) is 3.07. The molecule has 0 aliphatic heterocycles. The number of rotatable bonds is 2. The van der Waals surface area contributed by atoms with Gasteiger partial charge in [0.1, 0.15) is 12.1 Å². The molecular weight excluding hydrogens is 226 g/mol. The summed E-state index contributed by atoms with van der Waals surface area (Å²) >= 11 is 0. The molecule has 18 heavy (non-hydrogen) atoms. The Morgan fingerprint density at radius 2 is 1.83 bits per heavy atom. The van der Waals surface area contributed by atoms with Crippen LogP contribution < -0.4 is 5.73 Å². The summed E-state index contributed by atoms with van der Waals surface area (Å²) in [4.78, 5) is 8.43. The topological polar surface area (TPSA) is 69.6 Å². The average molecular weight is 245 g/mol. The van der Waals surface area contributed by atoms with Crippen molar-refractivity contribution in [3.8, 4) is 5.82 Å². The number of nitrogens with two attached hydrogens (primary N) is 1. The van der Waals surface area contributed by atoms with Crippen molar-refractivity contribution < 1.29 is 0 Å². The predicted molar refractivity (Wildman–Crippen MR) is 71.9 cm³/mol. The molecule has 0 bridgehead atoms. The van der Waals surface area contributed by atoms with Crippen molar-refractivity contribution in [2.45, 2.75) is 40.5 Å². The maximum Gasteiger partial charge on any atom is 0.162 e. The average Bonchev–Trinajstić information content (AvgIpc) is 2.56. The van der Waals surface area contributed by atoms with Gasteiger partial charge in [-0.1, -0.05) is 13.8 Å². The van der Waals surface area contributed by atoms with Crippen LogP contribution in [0.3, 0.4) is 0 Å². The van der Waals surface area contributed by atoms with Gasteiger partial charge in [0.05, 0.1) is 5.69 Å². The van der Waals surface area contributed by atoms with Crippen molar-refractivity contribution in [1.82, 2.24) is 19.7 Å². The summed E-state index contributed by atoms with van der Waals surface area (Å²) in [7, 11) is 0. The van der Waals surface area contributed by atoms with Crippen LogP contribution in [0.2, 0.25) is 0 Å². The number of aromatic nitrogens is 4. The second kappa shape index (κ2) is 4.40. The van der Waals surface area contributed by atoms with Gasteiger partial charge in [0.25, 0.3) is 0 Å². The van der Waals surface area contributed by atoms with Crippen LogP contribution in [0.15, 0.2) is 6.33 Å². The molecule has 2 rings (SSSR count). The zero-order chi connectivity index (χ0) is 13.4. The second-order valence-electron chi connectivity index (χ2n) is 4.86. The maximum absolute atomic E-state index is 5.96. The fourth-order valence-electron chi connectivity index (χ4n) is 2.05. The third-order valence-corrected chi connectivity index (χ3v) is 3.32. The molecule has 2 heterocycles. The van der Waals surface area contributed by atoms with E-state index in [4.69, 9.17) is 5.73 Å². The normalized spacial score (nSPS) is 11.2. The molecular formula is C13H19N5. The summed E-state index contributed by atoms with van der Waals surface area (Å²) in [5.74, 6) is 1.57. The van der Waals surface area contributed by atoms with Crippen molar-refractivity contribution in [2.75, 3.05) is 5.73 Å². The molecule has 0 saturated carbocycles. The van der Waals surface area contributed by atoms with E-state index in [1.54, 1.807) is 0 Å². The summed E-state index contributed by atoms with van der Waals surface area (Å²) in [6.07, 6.45) is 1.49. The molecule has 2 N–H and O–H groups in total. The molecule has 0 aromatic carbocycles. The van der Waals surface area contributed by atoms with Gasteiger partial charge in [-0.05, 0) is 32.3 Å². The number of anilines is 1. The van der Waals surface area contributed by atoms with Crippen LogP contribution in [0.5, 0.6) is 0 Å². The molecule has 0 amide bonds. The largest absolute Gasteiger partial charge is 0.383 e. The number of nitrogens with zero attached hydrogens (tertiary/aromatic N) is 4. The molecule has 5 nitrogen and oxygen atoms in total. The Bertz CT molecular complexity index is 583. The lowest BCUT2D eigenvalue weighted by Crippen LogP contribution is -2.11. The van der Waals surface area contributed by atoms with Gasteiger partial charge in [0.15, 0.2) is 5.82 Å². The smallest absolute Gasteiger partial charge is 0.162 e. The van der Waals surface area contributed by atoms with E-state index in [-0.39, 0.29) is 5.92 Å². The summed E-state index contributed by atoms with van der Waals surface area (Å²) < 4.78 is 1.86. The lowest BCUT2D eigenvalue weighted by molar-refractivity contribution is 0.755. The molecule has 2 aromatic heterocycles. The van der Waals surface area contributed by atoms with Crippen LogP contribution in [-0.4, -0.2) is 19.7 Å². The zero-order valence-electron chi connectivity index (χ0n) is 11.5. The van der Waals surface area contributed by atoms with E-state index in [1.807, 2.05) is 18.5 Å². The van der Waals surface area contributed by atoms with E-state index in [0.29, 0.717) is 5.82 Å². The highest BCUT2D eigenvalue weighted by atomic mass is 15.3. The van der Waals surface area contributed by atoms with Crippen molar-refractivity contribution >= 4 is 5.82 Å². The fourth-order valence-corrected chi connectivity index (χ4v) is 2.05. The highest BCUT2D eigenvalue weighted by Crippen LogP contribution is 2.26. The maximum atomic E-state index is 5.96. The van der Waals surface area contributed by atoms with E-state index in [1.165, 1.54) is 11.9 Å². The van der Waals surface area contributed by atoms with Crippen molar-refractivity contribution in [2.24, 2.45) is 0 Å². The molecule has 0 unspecified atom stereocenters. The molecule has 0 saturated heterocycles. The first-order chi connectivity index (χ1) is 8.43.